The summed E-state index contributed by atoms with van der Waals surface area (Å²) in [6.07, 6.45) is 4.18. The molecular weight excluding hydrogens is 294 g/mol. The molecule has 0 aliphatic carbocycles. The maximum absolute atomic E-state index is 11.9. The van der Waals surface area contributed by atoms with Crippen LogP contribution in [0.15, 0.2) is 35.1 Å². The van der Waals surface area contributed by atoms with Gasteiger partial charge >= 0.3 is 0 Å². The number of nitrogens with one attached hydrogen (secondary N) is 2. The Morgan fingerprint density at radius 3 is 3.00 bits per heavy atom. The molecule has 0 unspecified atom stereocenters. The van der Waals surface area contributed by atoms with E-state index in [4.69, 9.17) is 0 Å². The number of hydrogen-bond acceptors (Lipinski definition) is 2. The van der Waals surface area contributed by atoms with E-state index in [0.29, 0.717) is 18.5 Å². The number of aromatic amines is 1. The number of H-pyrrole nitrogens is 1. The fourth-order valence-electron chi connectivity index (χ4n) is 1.71. The lowest BCUT2D eigenvalue weighted by atomic mass is 10.1. The second-order valence-corrected chi connectivity index (χ2v) is 4.92. The van der Waals surface area contributed by atoms with Gasteiger partial charge in [-0.1, -0.05) is 15.9 Å². The highest BCUT2D eigenvalue weighted by Crippen LogP contribution is 2.15. The first-order valence-corrected chi connectivity index (χ1v) is 6.49. The molecule has 1 aromatic heterocycles. The number of aryl methyl sites for hydroxylation is 1. The Labute approximate surface area is 114 Å². The predicted molar refractivity (Wildman–Crippen MR) is 73.5 cm³/mol. The summed E-state index contributed by atoms with van der Waals surface area (Å²) in [6.45, 7) is 2.49. The molecule has 2 N–H and O–H groups in total. The summed E-state index contributed by atoms with van der Waals surface area (Å²) in [4.78, 5) is 19.1. The smallest absolute Gasteiger partial charge is 0.251 e. The van der Waals surface area contributed by atoms with Crippen LogP contribution < -0.4 is 5.32 Å². The minimum Gasteiger partial charge on any atom is -0.352 e. The molecule has 0 aliphatic rings. The topological polar surface area (TPSA) is 57.8 Å². The number of amides is 1. The maximum Gasteiger partial charge on any atom is 0.251 e. The van der Waals surface area contributed by atoms with Gasteiger partial charge in [0.15, 0.2) is 0 Å². The molecule has 0 saturated heterocycles. The van der Waals surface area contributed by atoms with Gasteiger partial charge in [-0.2, -0.15) is 0 Å². The van der Waals surface area contributed by atoms with Crippen LogP contribution in [-0.4, -0.2) is 22.4 Å². The predicted octanol–water partition coefficient (Wildman–Crippen LogP) is 2.45. The second-order valence-electron chi connectivity index (χ2n) is 4.00. The number of imidazole rings is 1. The fourth-order valence-corrected chi connectivity index (χ4v) is 2.18. The molecule has 0 saturated carbocycles. The van der Waals surface area contributed by atoms with Gasteiger partial charge in [-0.15, -0.1) is 0 Å². The number of halogens is 1. The largest absolute Gasteiger partial charge is 0.352 e. The third-order valence-electron chi connectivity index (χ3n) is 2.64. The molecule has 94 valence electrons. The van der Waals surface area contributed by atoms with Gasteiger partial charge in [0.1, 0.15) is 5.82 Å². The SMILES string of the molecule is Cc1cc(Br)ccc1C(=O)NCCc1ncc[nH]1. The fraction of sp³-hybridized carbons (Fsp3) is 0.231. The third kappa shape index (κ3) is 3.20. The van der Waals surface area contributed by atoms with E-state index >= 15 is 0 Å². The molecule has 0 atom stereocenters. The summed E-state index contributed by atoms with van der Waals surface area (Å²) in [7, 11) is 0. The van der Waals surface area contributed by atoms with Crippen molar-refractivity contribution in [2.75, 3.05) is 6.54 Å². The number of carbonyl (C=O) groups excluding carboxylic acids is 1. The van der Waals surface area contributed by atoms with Crippen molar-refractivity contribution in [3.8, 4) is 0 Å². The van der Waals surface area contributed by atoms with E-state index in [1.807, 2.05) is 25.1 Å². The van der Waals surface area contributed by atoms with Gasteiger partial charge in [0, 0.05) is 35.4 Å². The molecule has 0 spiro atoms. The number of rotatable bonds is 4. The summed E-state index contributed by atoms with van der Waals surface area (Å²) in [5.41, 5.74) is 1.66. The lowest BCUT2D eigenvalue weighted by Crippen LogP contribution is -2.26. The molecule has 0 radical (unpaired) electrons. The monoisotopic (exact) mass is 307 g/mol. The first kappa shape index (κ1) is 12.8. The van der Waals surface area contributed by atoms with Crippen molar-refractivity contribution in [2.45, 2.75) is 13.3 Å². The van der Waals surface area contributed by atoms with Crippen molar-refractivity contribution in [1.82, 2.24) is 15.3 Å². The number of carbonyl (C=O) groups is 1. The molecule has 0 bridgehead atoms. The molecule has 0 fully saturated rings. The Bertz CT molecular complexity index is 537. The molecule has 18 heavy (non-hydrogen) atoms. The van der Waals surface area contributed by atoms with Crippen LogP contribution in [0.4, 0.5) is 0 Å². The van der Waals surface area contributed by atoms with Crippen molar-refractivity contribution in [3.05, 3.63) is 52.0 Å². The van der Waals surface area contributed by atoms with Crippen molar-refractivity contribution in [1.29, 1.82) is 0 Å². The molecule has 4 nitrogen and oxygen atoms in total. The average molecular weight is 308 g/mol. The van der Waals surface area contributed by atoms with Crippen molar-refractivity contribution < 1.29 is 4.79 Å². The standard InChI is InChI=1S/C13H14BrN3O/c1-9-8-10(14)2-3-11(9)13(18)17-5-4-12-15-6-7-16-12/h2-3,6-8H,4-5H2,1H3,(H,15,16)(H,17,18). The lowest BCUT2D eigenvalue weighted by molar-refractivity contribution is 0.0953. The Morgan fingerprint density at radius 2 is 2.33 bits per heavy atom. The normalized spacial score (nSPS) is 10.3. The Morgan fingerprint density at radius 1 is 1.50 bits per heavy atom. The van der Waals surface area contributed by atoms with E-state index in [1.165, 1.54) is 0 Å². The first-order chi connectivity index (χ1) is 8.66. The van der Waals surface area contributed by atoms with Crippen molar-refractivity contribution >= 4 is 21.8 Å². The minimum atomic E-state index is -0.0495. The van der Waals surface area contributed by atoms with E-state index in [-0.39, 0.29) is 5.91 Å². The highest BCUT2D eigenvalue weighted by Gasteiger charge is 2.08. The van der Waals surface area contributed by atoms with Gasteiger partial charge in [-0.25, -0.2) is 4.98 Å². The van der Waals surface area contributed by atoms with Crippen LogP contribution in [0.5, 0.6) is 0 Å². The van der Waals surface area contributed by atoms with Gasteiger partial charge in [0.25, 0.3) is 5.91 Å². The summed E-state index contributed by atoms with van der Waals surface area (Å²) in [5, 5.41) is 2.88. The van der Waals surface area contributed by atoms with E-state index in [0.717, 1.165) is 15.9 Å². The van der Waals surface area contributed by atoms with Crippen molar-refractivity contribution in [3.63, 3.8) is 0 Å². The highest BCUT2D eigenvalue weighted by atomic mass is 79.9. The molecule has 1 amide bonds. The zero-order chi connectivity index (χ0) is 13.0. The molecule has 5 heteroatoms. The summed E-state index contributed by atoms with van der Waals surface area (Å²) in [5.74, 6) is 0.828. The van der Waals surface area contributed by atoms with Gasteiger partial charge in [-0.3, -0.25) is 4.79 Å². The zero-order valence-corrected chi connectivity index (χ0v) is 11.6. The zero-order valence-electron chi connectivity index (χ0n) is 10.0. The van der Waals surface area contributed by atoms with E-state index < -0.39 is 0 Å². The van der Waals surface area contributed by atoms with Gasteiger partial charge < -0.3 is 10.3 Å². The summed E-state index contributed by atoms with van der Waals surface area (Å²) < 4.78 is 0.979. The van der Waals surface area contributed by atoms with Crippen LogP contribution in [0.1, 0.15) is 21.7 Å². The van der Waals surface area contributed by atoms with Gasteiger partial charge in [0.2, 0.25) is 0 Å². The summed E-state index contributed by atoms with van der Waals surface area (Å²) in [6, 6.07) is 5.62. The van der Waals surface area contributed by atoms with Crippen molar-refractivity contribution in [2.24, 2.45) is 0 Å². The number of nitrogens with zero attached hydrogens (tertiary/aromatic N) is 1. The quantitative estimate of drug-likeness (QED) is 0.911. The van der Waals surface area contributed by atoms with E-state index in [1.54, 1.807) is 12.4 Å². The Balaban J connectivity index is 1.91. The van der Waals surface area contributed by atoms with Crippen LogP contribution in [0.2, 0.25) is 0 Å². The Kier molecular flexibility index (Phi) is 4.15. The molecular formula is C13H14BrN3O. The van der Waals surface area contributed by atoms with Crippen LogP contribution in [0.25, 0.3) is 0 Å². The van der Waals surface area contributed by atoms with Crippen LogP contribution in [0.3, 0.4) is 0 Å². The molecule has 1 aromatic carbocycles. The molecule has 1 heterocycles. The molecule has 0 aliphatic heterocycles. The number of benzene rings is 1. The molecule has 2 rings (SSSR count). The van der Waals surface area contributed by atoms with E-state index in [9.17, 15) is 4.79 Å². The minimum absolute atomic E-state index is 0.0495. The maximum atomic E-state index is 11.9. The number of aromatic nitrogens is 2. The van der Waals surface area contributed by atoms with Gasteiger partial charge in [-0.05, 0) is 30.7 Å². The third-order valence-corrected chi connectivity index (χ3v) is 3.13. The highest BCUT2D eigenvalue weighted by molar-refractivity contribution is 9.10. The second kappa shape index (κ2) is 5.82. The van der Waals surface area contributed by atoms with Gasteiger partial charge in [0.05, 0.1) is 0 Å². The first-order valence-electron chi connectivity index (χ1n) is 5.69. The molecule has 2 aromatic rings. The van der Waals surface area contributed by atoms with E-state index in [2.05, 4.69) is 31.2 Å². The Hall–Kier alpha value is -1.62. The van der Waals surface area contributed by atoms with Crippen LogP contribution in [-0.2, 0) is 6.42 Å². The summed E-state index contributed by atoms with van der Waals surface area (Å²) >= 11 is 3.38. The van der Waals surface area contributed by atoms with Crippen LogP contribution >= 0.6 is 15.9 Å². The number of hydrogen-bond donors (Lipinski definition) is 2. The lowest BCUT2D eigenvalue weighted by Gasteiger charge is -2.07. The van der Waals surface area contributed by atoms with Crippen LogP contribution in [0, 0.1) is 6.92 Å². The average Bonchev–Trinajstić information content (AvgIpc) is 2.81.